The summed E-state index contributed by atoms with van der Waals surface area (Å²) in [5.74, 6) is 0.715. The van der Waals surface area contributed by atoms with Gasteiger partial charge < -0.3 is 5.32 Å². The van der Waals surface area contributed by atoms with Crippen LogP contribution < -0.4 is 5.32 Å². The van der Waals surface area contributed by atoms with Crippen molar-refractivity contribution in [2.45, 2.75) is 33.2 Å². The minimum atomic E-state index is 0.0273. The lowest BCUT2D eigenvalue weighted by Crippen LogP contribution is -2.23. The van der Waals surface area contributed by atoms with Gasteiger partial charge in [0.2, 0.25) is 5.91 Å². The first kappa shape index (κ1) is 17.8. The fourth-order valence-corrected chi connectivity index (χ4v) is 3.21. The Morgan fingerprint density at radius 1 is 1.07 bits per heavy atom. The van der Waals surface area contributed by atoms with E-state index >= 15 is 0 Å². The Labute approximate surface area is 162 Å². The number of carbonyl (C=O) groups excluding carboxylic acids is 1. The number of nitrogens with one attached hydrogen (secondary N) is 1. The fourth-order valence-electron chi connectivity index (χ4n) is 3.21. The van der Waals surface area contributed by atoms with Gasteiger partial charge in [-0.05, 0) is 43.5 Å². The van der Waals surface area contributed by atoms with Crippen LogP contribution in [0.15, 0.2) is 48.8 Å². The molecule has 8 heteroatoms. The van der Waals surface area contributed by atoms with Gasteiger partial charge in [-0.3, -0.25) is 4.79 Å². The summed E-state index contributed by atoms with van der Waals surface area (Å²) in [6.45, 7) is 4.49. The summed E-state index contributed by atoms with van der Waals surface area (Å²) in [6, 6.07) is 13.6. The van der Waals surface area contributed by atoms with Gasteiger partial charge in [0.1, 0.15) is 6.33 Å². The fraction of sp³-hybridized carbons (Fsp3) is 0.250. The van der Waals surface area contributed by atoms with Gasteiger partial charge in [0, 0.05) is 18.7 Å². The molecule has 0 atom stereocenters. The average Bonchev–Trinajstić information content (AvgIpc) is 3.29. The van der Waals surface area contributed by atoms with Gasteiger partial charge in [0.15, 0.2) is 11.5 Å². The van der Waals surface area contributed by atoms with E-state index in [-0.39, 0.29) is 5.91 Å². The van der Waals surface area contributed by atoms with Gasteiger partial charge in [-0.15, -0.1) is 15.3 Å². The second-order valence-electron chi connectivity index (χ2n) is 6.65. The molecule has 142 valence electrons. The molecule has 0 spiro atoms. The SMILES string of the molecule is Cc1nn(-c2ccc3nncn3n2)c(C)c1CCC(=O)NCc1ccccc1. The number of carbonyl (C=O) groups is 1. The normalized spacial score (nSPS) is 11.1. The third kappa shape index (κ3) is 3.62. The highest BCUT2D eigenvalue weighted by Gasteiger charge is 2.15. The number of amides is 1. The lowest BCUT2D eigenvalue weighted by atomic mass is 10.1. The van der Waals surface area contributed by atoms with E-state index in [9.17, 15) is 4.79 Å². The van der Waals surface area contributed by atoms with E-state index in [1.54, 1.807) is 15.5 Å². The van der Waals surface area contributed by atoms with E-state index in [4.69, 9.17) is 0 Å². The maximum Gasteiger partial charge on any atom is 0.220 e. The van der Waals surface area contributed by atoms with Crippen LogP contribution in [0, 0.1) is 13.8 Å². The maximum absolute atomic E-state index is 12.2. The molecule has 1 amide bonds. The largest absolute Gasteiger partial charge is 0.352 e. The molecule has 8 nitrogen and oxygen atoms in total. The van der Waals surface area contributed by atoms with E-state index in [0.717, 1.165) is 22.5 Å². The van der Waals surface area contributed by atoms with Gasteiger partial charge in [0.05, 0.1) is 5.69 Å². The van der Waals surface area contributed by atoms with E-state index in [2.05, 4.69) is 25.7 Å². The third-order valence-corrected chi connectivity index (χ3v) is 4.74. The predicted molar refractivity (Wildman–Crippen MR) is 104 cm³/mol. The van der Waals surface area contributed by atoms with Crippen molar-refractivity contribution in [1.82, 2.24) is 34.9 Å². The molecule has 0 saturated heterocycles. The zero-order valence-corrected chi connectivity index (χ0v) is 15.8. The zero-order valence-electron chi connectivity index (χ0n) is 15.8. The van der Waals surface area contributed by atoms with Crippen LogP contribution >= 0.6 is 0 Å². The van der Waals surface area contributed by atoms with Crippen molar-refractivity contribution in [2.24, 2.45) is 0 Å². The lowest BCUT2D eigenvalue weighted by molar-refractivity contribution is -0.121. The van der Waals surface area contributed by atoms with Crippen molar-refractivity contribution in [2.75, 3.05) is 0 Å². The van der Waals surface area contributed by atoms with E-state index in [0.29, 0.717) is 30.9 Å². The molecule has 0 bridgehead atoms. The van der Waals surface area contributed by atoms with Crippen molar-refractivity contribution >= 4 is 11.6 Å². The average molecular weight is 375 g/mol. The Balaban J connectivity index is 1.44. The van der Waals surface area contributed by atoms with Crippen molar-refractivity contribution in [3.8, 4) is 5.82 Å². The van der Waals surface area contributed by atoms with Crippen molar-refractivity contribution in [3.63, 3.8) is 0 Å². The molecule has 4 aromatic rings. The van der Waals surface area contributed by atoms with Gasteiger partial charge in [-0.1, -0.05) is 30.3 Å². The van der Waals surface area contributed by atoms with Crippen LogP contribution in [0.5, 0.6) is 0 Å². The van der Waals surface area contributed by atoms with Crippen LogP contribution in [0.1, 0.15) is 28.9 Å². The Morgan fingerprint density at radius 2 is 1.89 bits per heavy atom. The number of rotatable bonds is 6. The standard InChI is InChI=1S/C20H21N7O/c1-14-17(8-11-20(28)21-12-16-6-4-3-5-7-16)15(2)27(24-14)19-10-9-18-23-22-13-26(18)25-19/h3-7,9-10,13H,8,11-12H2,1-2H3,(H,21,28). The number of aryl methyl sites for hydroxylation is 1. The second-order valence-corrected chi connectivity index (χ2v) is 6.65. The highest BCUT2D eigenvalue weighted by molar-refractivity contribution is 5.76. The molecule has 28 heavy (non-hydrogen) atoms. The molecule has 0 unspecified atom stereocenters. The molecule has 1 N–H and O–H groups in total. The van der Waals surface area contributed by atoms with Crippen LogP contribution in [-0.4, -0.2) is 35.5 Å². The molecular formula is C20H21N7O. The number of aromatic nitrogens is 6. The molecule has 0 aliphatic rings. The van der Waals surface area contributed by atoms with Crippen LogP contribution in [-0.2, 0) is 17.8 Å². The van der Waals surface area contributed by atoms with Gasteiger partial charge in [0.25, 0.3) is 0 Å². The number of fused-ring (bicyclic) bond motifs is 1. The van der Waals surface area contributed by atoms with Gasteiger partial charge in [-0.2, -0.15) is 9.61 Å². The van der Waals surface area contributed by atoms with Crippen molar-refractivity contribution in [3.05, 3.63) is 71.3 Å². The summed E-state index contributed by atoms with van der Waals surface area (Å²) in [7, 11) is 0. The minimum absolute atomic E-state index is 0.0273. The van der Waals surface area contributed by atoms with Gasteiger partial charge in [-0.25, -0.2) is 4.68 Å². The van der Waals surface area contributed by atoms with E-state index < -0.39 is 0 Å². The monoisotopic (exact) mass is 375 g/mol. The Kier molecular flexibility index (Phi) is 4.84. The molecule has 0 fully saturated rings. The van der Waals surface area contributed by atoms with E-state index in [1.165, 1.54) is 0 Å². The first-order valence-electron chi connectivity index (χ1n) is 9.15. The molecule has 0 aliphatic carbocycles. The van der Waals surface area contributed by atoms with E-state index in [1.807, 2.05) is 56.3 Å². The molecule has 1 aromatic carbocycles. The van der Waals surface area contributed by atoms with Crippen molar-refractivity contribution < 1.29 is 4.79 Å². The Bertz CT molecular complexity index is 1110. The quantitative estimate of drug-likeness (QED) is 0.558. The van der Waals surface area contributed by atoms with Crippen LogP contribution in [0.2, 0.25) is 0 Å². The Hall–Kier alpha value is -3.55. The molecule has 0 aliphatic heterocycles. The maximum atomic E-state index is 12.2. The molecule has 0 saturated carbocycles. The van der Waals surface area contributed by atoms with Crippen molar-refractivity contribution in [1.29, 1.82) is 0 Å². The summed E-state index contributed by atoms with van der Waals surface area (Å²) >= 11 is 0. The molecule has 4 rings (SSSR count). The summed E-state index contributed by atoms with van der Waals surface area (Å²) in [6.07, 6.45) is 2.60. The van der Waals surface area contributed by atoms with Gasteiger partial charge >= 0.3 is 0 Å². The predicted octanol–water partition coefficient (Wildman–Crippen LogP) is 2.18. The minimum Gasteiger partial charge on any atom is -0.352 e. The smallest absolute Gasteiger partial charge is 0.220 e. The topological polar surface area (TPSA) is 90.0 Å². The lowest BCUT2D eigenvalue weighted by Gasteiger charge is -2.07. The number of hydrogen-bond donors (Lipinski definition) is 1. The highest BCUT2D eigenvalue weighted by atomic mass is 16.1. The number of hydrogen-bond acceptors (Lipinski definition) is 5. The molecular weight excluding hydrogens is 354 g/mol. The molecule has 3 aromatic heterocycles. The van der Waals surface area contributed by atoms with Crippen LogP contribution in [0.3, 0.4) is 0 Å². The highest BCUT2D eigenvalue weighted by Crippen LogP contribution is 2.18. The summed E-state index contributed by atoms with van der Waals surface area (Å²) in [5.41, 5.74) is 4.72. The molecule has 3 heterocycles. The summed E-state index contributed by atoms with van der Waals surface area (Å²) in [4.78, 5) is 12.2. The second kappa shape index (κ2) is 7.59. The first-order chi connectivity index (χ1) is 13.6. The number of nitrogens with zero attached hydrogens (tertiary/aromatic N) is 6. The Morgan fingerprint density at radius 3 is 2.71 bits per heavy atom. The third-order valence-electron chi connectivity index (χ3n) is 4.74. The summed E-state index contributed by atoms with van der Waals surface area (Å²) < 4.78 is 3.41. The van der Waals surface area contributed by atoms with Crippen LogP contribution in [0.4, 0.5) is 0 Å². The summed E-state index contributed by atoms with van der Waals surface area (Å²) in [5, 5.41) is 19.9. The molecule has 0 radical (unpaired) electrons. The van der Waals surface area contributed by atoms with Crippen LogP contribution in [0.25, 0.3) is 11.5 Å². The zero-order chi connectivity index (χ0) is 19.5. The number of benzene rings is 1. The first-order valence-corrected chi connectivity index (χ1v) is 9.15.